The second kappa shape index (κ2) is 35.9. The molecular formula is C138H86N10O2. The molecule has 0 saturated heterocycles. The third-order valence-electron chi connectivity index (χ3n) is 29.6. The highest BCUT2D eigenvalue weighted by molar-refractivity contribution is 6.17. The van der Waals surface area contributed by atoms with E-state index in [9.17, 15) is 0 Å². The molecule has 8 aromatic heterocycles. The predicted molar refractivity (Wildman–Crippen MR) is 617 cm³/mol. The van der Waals surface area contributed by atoms with E-state index < -0.39 is 0 Å². The van der Waals surface area contributed by atoms with Crippen molar-refractivity contribution in [2.24, 2.45) is 0 Å². The Kier molecular flexibility index (Phi) is 20.7. The van der Waals surface area contributed by atoms with Gasteiger partial charge in [-0.05, 0) is 243 Å². The molecule has 0 amide bonds. The third kappa shape index (κ3) is 15.2. The van der Waals surface area contributed by atoms with Crippen molar-refractivity contribution >= 4 is 131 Å². The zero-order valence-electron chi connectivity index (χ0n) is 80.9. The van der Waals surface area contributed by atoms with Crippen molar-refractivity contribution in [2.45, 2.75) is 0 Å². The number of aromatic nitrogens is 10. The van der Waals surface area contributed by atoms with Gasteiger partial charge in [-0.15, -0.1) is 0 Å². The average Bonchev–Trinajstić information content (AvgIpc) is 1.60. The Morgan fingerprint density at radius 2 is 0.307 bits per heavy atom. The van der Waals surface area contributed by atoms with Gasteiger partial charge in [0.2, 0.25) is 0 Å². The summed E-state index contributed by atoms with van der Waals surface area (Å²) in [5.41, 5.74) is 36.6. The molecule has 12 nitrogen and oxygen atoms in total. The first-order valence-corrected chi connectivity index (χ1v) is 50.6. The molecule has 22 aromatic carbocycles. The molecule has 0 aliphatic carbocycles. The van der Waals surface area contributed by atoms with Crippen molar-refractivity contribution in [2.75, 3.05) is 0 Å². The van der Waals surface area contributed by atoms with E-state index in [4.69, 9.17) is 38.7 Å². The van der Waals surface area contributed by atoms with Gasteiger partial charge in [-0.3, -0.25) is 0 Å². The topological polar surface area (TPSA) is 123 Å². The van der Waals surface area contributed by atoms with Crippen molar-refractivity contribution < 1.29 is 8.83 Å². The molecule has 0 radical (unpaired) electrons. The normalized spacial score (nSPS) is 11.7. The van der Waals surface area contributed by atoms with Gasteiger partial charge in [-0.1, -0.05) is 346 Å². The van der Waals surface area contributed by atoms with Crippen molar-refractivity contribution in [1.82, 2.24) is 48.2 Å². The number of furan rings is 2. The van der Waals surface area contributed by atoms with Gasteiger partial charge in [0.15, 0.2) is 34.9 Å². The number of para-hydroxylation sites is 6. The summed E-state index contributed by atoms with van der Waals surface area (Å²) < 4.78 is 22.5. The van der Waals surface area contributed by atoms with Gasteiger partial charge >= 0.3 is 0 Å². The number of hydrogen-bond acceptors (Lipinski definition) is 8. The standard InChI is InChI=1S/2C69H43N5O/c1-4-16-44(17-5-1)67-70-68(45-18-6-2-7-19-45)72-69(71-67)52-22-14-20-46(38-52)47-21-15-25-54(39-47)74-62-29-13-11-27-56(62)58-41-49(31-35-64(58)74)51-33-37-66-60(43-51)59-42-50(32-36-65(59)75-66)48-30-34-63-57(40-48)55-26-10-12-28-61(55)73(63)53-23-8-3-9-24-53;1-4-14-46(15-5-1)67-70-68(47-16-6-2-7-17-47)72-69(71-67)48-26-24-44(25-27-48)45-28-34-54(35-29-45)74-62-23-13-11-21-56(62)58-41-50(31-37-64(58)74)52-33-39-66-60(43-52)59-42-51(32-38-65(59)75-66)49-30-36-63-57(40-49)55-20-10-12-22-61(55)73(63)53-18-8-3-9-19-53/h2*1-43H. The van der Waals surface area contributed by atoms with Crippen molar-refractivity contribution in [3.8, 4) is 158 Å². The lowest BCUT2D eigenvalue weighted by Crippen LogP contribution is -2.00. The summed E-state index contributed by atoms with van der Waals surface area (Å²) in [5.74, 6) is 3.84. The predicted octanol–water partition coefficient (Wildman–Crippen LogP) is 35.9. The van der Waals surface area contributed by atoms with Gasteiger partial charge < -0.3 is 27.1 Å². The average molecular weight is 1920 g/mol. The molecule has 0 aliphatic heterocycles. The molecule has 12 heteroatoms. The van der Waals surface area contributed by atoms with Gasteiger partial charge in [0.25, 0.3) is 0 Å². The zero-order valence-corrected chi connectivity index (χ0v) is 80.9. The van der Waals surface area contributed by atoms with E-state index in [1.165, 1.54) is 76.3 Å². The Balaban J connectivity index is 0.000000141. The molecule has 0 saturated carbocycles. The summed E-state index contributed by atoms with van der Waals surface area (Å²) in [7, 11) is 0. The van der Waals surface area contributed by atoms with Crippen LogP contribution in [-0.4, -0.2) is 48.2 Å². The van der Waals surface area contributed by atoms with Gasteiger partial charge in [-0.2, -0.15) is 0 Å². The van der Waals surface area contributed by atoms with Crippen LogP contribution in [0.2, 0.25) is 0 Å². The van der Waals surface area contributed by atoms with Crippen LogP contribution in [0.15, 0.2) is 531 Å². The minimum Gasteiger partial charge on any atom is -0.456 e. The Morgan fingerprint density at radius 1 is 0.113 bits per heavy atom. The molecule has 0 fully saturated rings. The van der Waals surface area contributed by atoms with E-state index in [2.05, 4.69) is 419 Å². The fourth-order valence-corrected chi connectivity index (χ4v) is 22.3. The number of benzene rings is 22. The van der Waals surface area contributed by atoms with Crippen LogP contribution in [0.1, 0.15) is 0 Å². The Labute approximate surface area is 861 Å². The molecule has 30 rings (SSSR count). The summed E-state index contributed by atoms with van der Waals surface area (Å²) in [6.45, 7) is 0. The second-order valence-corrected chi connectivity index (χ2v) is 38.4. The molecule has 0 atom stereocenters. The Bertz CT molecular complexity index is 10500. The lowest BCUT2D eigenvalue weighted by molar-refractivity contribution is 0.668. The molecule has 0 N–H and O–H groups in total. The number of fused-ring (bicyclic) bond motifs is 18. The highest BCUT2D eigenvalue weighted by atomic mass is 16.3. The molecule has 0 spiro atoms. The van der Waals surface area contributed by atoms with E-state index in [1.807, 2.05) is 121 Å². The second-order valence-electron chi connectivity index (χ2n) is 38.4. The molecule has 0 unspecified atom stereocenters. The van der Waals surface area contributed by atoms with Crippen LogP contribution in [0.5, 0.6) is 0 Å². The van der Waals surface area contributed by atoms with Crippen molar-refractivity contribution in [1.29, 1.82) is 0 Å². The van der Waals surface area contributed by atoms with E-state index in [0.29, 0.717) is 34.9 Å². The van der Waals surface area contributed by atoms with Crippen LogP contribution < -0.4 is 0 Å². The summed E-state index contributed by atoms with van der Waals surface area (Å²) in [6, 6.07) is 185. The molecule has 700 valence electrons. The summed E-state index contributed by atoms with van der Waals surface area (Å²) in [4.78, 5) is 29.7. The lowest BCUT2D eigenvalue weighted by atomic mass is 9.98. The van der Waals surface area contributed by atoms with Gasteiger partial charge in [-0.25, -0.2) is 29.9 Å². The summed E-state index contributed by atoms with van der Waals surface area (Å²) in [5, 5.41) is 14.1. The van der Waals surface area contributed by atoms with Gasteiger partial charge in [0.05, 0.1) is 44.1 Å². The van der Waals surface area contributed by atoms with Crippen LogP contribution in [0.3, 0.4) is 0 Å². The third-order valence-corrected chi connectivity index (χ3v) is 29.6. The minimum absolute atomic E-state index is 0.626. The van der Waals surface area contributed by atoms with E-state index in [0.717, 1.165) is 178 Å². The molecule has 0 bridgehead atoms. The van der Waals surface area contributed by atoms with Gasteiger partial charge in [0, 0.05) is 121 Å². The smallest absolute Gasteiger partial charge is 0.164 e. The van der Waals surface area contributed by atoms with Crippen LogP contribution in [-0.2, 0) is 0 Å². The monoisotopic (exact) mass is 1910 g/mol. The van der Waals surface area contributed by atoms with E-state index in [1.54, 1.807) is 0 Å². The SMILES string of the molecule is c1ccc(-c2nc(-c3ccccc3)nc(-c3ccc(-c4ccc(-n5c6ccccc6c6cc(-c7ccc8oc9ccc(-c%10ccc%11c(c%10)c%10ccccc%10n%11-c%10ccccc%10)cc9c8c7)ccc65)cc4)cc3)n2)cc1.c1ccc(-c2nc(-c3ccccc3)nc(-c3cccc(-c4cccc(-n5c6ccccc6c6cc(-c7ccc8oc9ccc(-c%10ccc%11c(c%10)c%10ccccc%10n%11-c%10ccccc%10)cc9c8c7)ccc65)c4)c3)n2)cc1. The van der Waals surface area contributed by atoms with Crippen molar-refractivity contribution in [3.63, 3.8) is 0 Å². The minimum atomic E-state index is 0.626. The zero-order chi connectivity index (χ0) is 98.8. The number of rotatable bonds is 16. The Morgan fingerprint density at radius 3 is 0.627 bits per heavy atom. The largest absolute Gasteiger partial charge is 0.456 e. The molecule has 0 aliphatic rings. The summed E-state index contributed by atoms with van der Waals surface area (Å²) >= 11 is 0. The number of nitrogens with zero attached hydrogens (tertiary/aromatic N) is 10. The fraction of sp³-hybridized carbons (Fsp3) is 0. The van der Waals surface area contributed by atoms with Gasteiger partial charge in [0.1, 0.15) is 22.3 Å². The fourth-order valence-electron chi connectivity index (χ4n) is 22.3. The lowest BCUT2D eigenvalue weighted by Gasteiger charge is -2.12. The van der Waals surface area contributed by atoms with Crippen LogP contribution in [0.4, 0.5) is 0 Å². The van der Waals surface area contributed by atoms with Crippen LogP contribution in [0, 0.1) is 0 Å². The van der Waals surface area contributed by atoms with Crippen LogP contribution >= 0.6 is 0 Å². The maximum Gasteiger partial charge on any atom is 0.164 e. The molecular weight excluding hydrogens is 1830 g/mol. The highest BCUT2D eigenvalue weighted by Gasteiger charge is 2.25. The summed E-state index contributed by atoms with van der Waals surface area (Å²) in [6.07, 6.45) is 0. The first kappa shape index (κ1) is 86.3. The highest BCUT2D eigenvalue weighted by Crippen LogP contribution is 2.46. The van der Waals surface area contributed by atoms with E-state index >= 15 is 0 Å². The maximum absolute atomic E-state index is 6.49. The number of hydrogen-bond donors (Lipinski definition) is 0. The molecule has 8 heterocycles. The molecule has 150 heavy (non-hydrogen) atoms. The quantitative estimate of drug-likeness (QED) is 0.0937. The maximum atomic E-state index is 6.49. The first-order valence-electron chi connectivity index (χ1n) is 50.6. The molecule has 30 aromatic rings. The Hall–Kier alpha value is -20.3. The first-order chi connectivity index (χ1) is 74.3. The van der Waals surface area contributed by atoms with Crippen molar-refractivity contribution in [3.05, 3.63) is 522 Å². The van der Waals surface area contributed by atoms with E-state index in [-0.39, 0.29) is 0 Å². The van der Waals surface area contributed by atoms with Crippen LogP contribution in [0.25, 0.3) is 289 Å².